The van der Waals surface area contributed by atoms with Gasteiger partial charge in [-0.25, -0.2) is 0 Å². The van der Waals surface area contributed by atoms with Gasteiger partial charge in [0.25, 0.3) is 0 Å². The van der Waals surface area contributed by atoms with E-state index in [0.717, 1.165) is 19.4 Å². The van der Waals surface area contributed by atoms with Crippen molar-refractivity contribution in [3.8, 4) is 0 Å². The van der Waals surface area contributed by atoms with E-state index in [4.69, 9.17) is 10.5 Å². The number of rotatable bonds is 3. The smallest absolute Gasteiger partial charge is 0.0580 e. The van der Waals surface area contributed by atoms with Crippen LogP contribution < -0.4 is 5.73 Å². The van der Waals surface area contributed by atoms with Gasteiger partial charge in [-0.05, 0) is 39.2 Å². The zero-order valence-corrected chi connectivity index (χ0v) is 6.68. The molecule has 2 heteroatoms. The molecule has 0 radical (unpaired) electrons. The minimum absolute atomic E-state index is 0.489. The van der Waals surface area contributed by atoms with Gasteiger partial charge in [-0.1, -0.05) is 0 Å². The van der Waals surface area contributed by atoms with E-state index in [1.165, 1.54) is 12.8 Å². The molecule has 0 saturated carbocycles. The van der Waals surface area contributed by atoms with Crippen molar-refractivity contribution in [2.75, 3.05) is 6.54 Å². The second-order valence-electron chi connectivity index (χ2n) is 3.08. The summed E-state index contributed by atoms with van der Waals surface area (Å²) >= 11 is 0. The van der Waals surface area contributed by atoms with Crippen LogP contribution in [0.25, 0.3) is 0 Å². The van der Waals surface area contributed by atoms with Crippen LogP contribution in [0.15, 0.2) is 0 Å². The molecule has 2 atom stereocenters. The molecule has 0 aromatic heterocycles. The summed E-state index contributed by atoms with van der Waals surface area (Å²) in [6, 6.07) is 0. The van der Waals surface area contributed by atoms with Crippen LogP contribution in [0, 0.1) is 0 Å². The molecule has 0 bridgehead atoms. The molecule has 1 fully saturated rings. The first kappa shape index (κ1) is 8.02. The molecule has 1 rings (SSSR count). The van der Waals surface area contributed by atoms with E-state index in [9.17, 15) is 0 Å². The second kappa shape index (κ2) is 3.94. The summed E-state index contributed by atoms with van der Waals surface area (Å²) < 4.78 is 5.61. The largest absolute Gasteiger partial charge is 0.375 e. The van der Waals surface area contributed by atoms with E-state index in [-0.39, 0.29) is 0 Å². The first-order valence-electron chi connectivity index (χ1n) is 4.18. The zero-order chi connectivity index (χ0) is 7.40. The van der Waals surface area contributed by atoms with Crippen molar-refractivity contribution in [2.24, 2.45) is 5.73 Å². The van der Waals surface area contributed by atoms with E-state index in [0.29, 0.717) is 12.2 Å². The molecular weight excluding hydrogens is 126 g/mol. The molecule has 0 aromatic carbocycles. The maximum absolute atomic E-state index is 5.61. The lowest BCUT2D eigenvalue weighted by Gasteiger charge is -2.08. The highest BCUT2D eigenvalue weighted by Crippen LogP contribution is 2.21. The van der Waals surface area contributed by atoms with Crippen molar-refractivity contribution in [1.29, 1.82) is 0 Å². The van der Waals surface area contributed by atoms with Crippen LogP contribution in [-0.4, -0.2) is 18.8 Å². The highest BCUT2D eigenvalue weighted by molar-refractivity contribution is 4.70. The first-order valence-corrected chi connectivity index (χ1v) is 4.18. The van der Waals surface area contributed by atoms with Crippen LogP contribution in [-0.2, 0) is 4.74 Å². The summed E-state index contributed by atoms with van der Waals surface area (Å²) in [7, 11) is 0. The monoisotopic (exact) mass is 143 g/mol. The van der Waals surface area contributed by atoms with Crippen LogP contribution in [0.4, 0.5) is 0 Å². The third-order valence-electron chi connectivity index (χ3n) is 2.05. The van der Waals surface area contributed by atoms with Gasteiger partial charge in [-0.2, -0.15) is 0 Å². The molecule has 0 spiro atoms. The molecule has 1 saturated heterocycles. The lowest BCUT2D eigenvalue weighted by atomic mass is 10.1. The van der Waals surface area contributed by atoms with E-state index in [1.807, 2.05) is 0 Å². The Balaban J connectivity index is 2.06. The quantitative estimate of drug-likeness (QED) is 0.646. The van der Waals surface area contributed by atoms with Gasteiger partial charge in [-0.15, -0.1) is 0 Å². The predicted octanol–water partition coefficient (Wildman–Crippen LogP) is 1.29. The molecule has 10 heavy (non-hydrogen) atoms. The van der Waals surface area contributed by atoms with Crippen LogP contribution in [0.5, 0.6) is 0 Å². The summed E-state index contributed by atoms with van der Waals surface area (Å²) in [5.74, 6) is 0. The Kier molecular flexibility index (Phi) is 3.16. The molecule has 0 unspecified atom stereocenters. The van der Waals surface area contributed by atoms with Gasteiger partial charge in [0.2, 0.25) is 0 Å². The van der Waals surface area contributed by atoms with Gasteiger partial charge in [0.1, 0.15) is 0 Å². The summed E-state index contributed by atoms with van der Waals surface area (Å²) in [5, 5.41) is 0. The maximum atomic E-state index is 5.61. The highest BCUT2D eigenvalue weighted by Gasteiger charge is 2.20. The molecule has 2 nitrogen and oxygen atoms in total. The Labute approximate surface area is 62.7 Å². The second-order valence-corrected chi connectivity index (χ2v) is 3.08. The Morgan fingerprint density at radius 1 is 1.50 bits per heavy atom. The summed E-state index contributed by atoms with van der Waals surface area (Å²) in [6.07, 6.45) is 5.73. The predicted molar refractivity (Wildman–Crippen MR) is 41.9 cm³/mol. The van der Waals surface area contributed by atoms with Crippen LogP contribution in [0.3, 0.4) is 0 Å². The van der Waals surface area contributed by atoms with E-state index < -0.39 is 0 Å². The molecule has 1 aliphatic heterocycles. The Bertz CT molecular complexity index is 95.3. The van der Waals surface area contributed by atoms with Crippen LogP contribution in [0.2, 0.25) is 0 Å². The summed E-state index contributed by atoms with van der Waals surface area (Å²) in [6.45, 7) is 2.94. The lowest BCUT2D eigenvalue weighted by molar-refractivity contribution is 0.0502. The van der Waals surface area contributed by atoms with Gasteiger partial charge in [0, 0.05) is 0 Å². The third-order valence-corrected chi connectivity index (χ3v) is 2.05. The molecule has 60 valence electrons. The number of nitrogens with two attached hydrogens (primary N) is 1. The SMILES string of the molecule is C[C@@H]1CC[C@@H](CCCN)O1. The standard InChI is InChI=1S/C8H17NO/c1-7-4-5-8(10-7)3-2-6-9/h7-8H,2-6,9H2,1H3/t7-,8-/m1/s1. The summed E-state index contributed by atoms with van der Waals surface area (Å²) in [4.78, 5) is 0. The highest BCUT2D eigenvalue weighted by atomic mass is 16.5. The Morgan fingerprint density at radius 3 is 2.80 bits per heavy atom. The maximum Gasteiger partial charge on any atom is 0.0580 e. The van der Waals surface area contributed by atoms with Gasteiger partial charge < -0.3 is 10.5 Å². The third kappa shape index (κ3) is 2.27. The van der Waals surface area contributed by atoms with Gasteiger partial charge in [0.15, 0.2) is 0 Å². The average molecular weight is 143 g/mol. The normalized spacial score (nSPS) is 33.0. The van der Waals surface area contributed by atoms with Crippen molar-refractivity contribution in [1.82, 2.24) is 0 Å². The van der Waals surface area contributed by atoms with Gasteiger partial charge in [-0.3, -0.25) is 0 Å². The number of hydrogen-bond donors (Lipinski definition) is 1. The van der Waals surface area contributed by atoms with Crippen LogP contribution >= 0.6 is 0 Å². The molecule has 2 N–H and O–H groups in total. The van der Waals surface area contributed by atoms with Crippen LogP contribution in [0.1, 0.15) is 32.6 Å². The van der Waals surface area contributed by atoms with Gasteiger partial charge in [0.05, 0.1) is 12.2 Å². The minimum atomic E-state index is 0.489. The fourth-order valence-corrected chi connectivity index (χ4v) is 1.44. The Morgan fingerprint density at radius 2 is 2.30 bits per heavy atom. The average Bonchev–Trinajstić information content (AvgIpc) is 2.31. The minimum Gasteiger partial charge on any atom is -0.375 e. The number of hydrogen-bond acceptors (Lipinski definition) is 2. The van der Waals surface area contributed by atoms with Crippen molar-refractivity contribution >= 4 is 0 Å². The van der Waals surface area contributed by atoms with Gasteiger partial charge >= 0.3 is 0 Å². The van der Waals surface area contributed by atoms with Crippen molar-refractivity contribution in [2.45, 2.75) is 44.8 Å². The molecule has 1 heterocycles. The van der Waals surface area contributed by atoms with Crippen molar-refractivity contribution in [3.63, 3.8) is 0 Å². The van der Waals surface area contributed by atoms with E-state index >= 15 is 0 Å². The van der Waals surface area contributed by atoms with E-state index in [2.05, 4.69) is 6.92 Å². The van der Waals surface area contributed by atoms with E-state index in [1.54, 1.807) is 0 Å². The summed E-state index contributed by atoms with van der Waals surface area (Å²) in [5.41, 5.74) is 5.39. The van der Waals surface area contributed by atoms with Crippen molar-refractivity contribution < 1.29 is 4.74 Å². The molecular formula is C8H17NO. The number of ether oxygens (including phenoxy) is 1. The zero-order valence-electron chi connectivity index (χ0n) is 6.68. The topological polar surface area (TPSA) is 35.2 Å². The van der Waals surface area contributed by atoms with Crippen molar-refractivity contribution in [3.05, 3.63) is 0 Å². The molecule has 0 aromatic rings. The lowest BCUT2D eigenvalue weighted by Crippen LogP contribution is -2.10. The molecule has 1 aliphatic rings. The molecule has 0 amide bonds. The fraction of sp³-hybridized carbons (Fsp3) is 1.00. The fourth-order valence-electron chi connectivity index (χ4n) is 1.44. The first-order chi connectivity index (χ1) is 4.83. The Hall–Kier alpha value is -0.0800. The molecule has 0 aliphatic carbocycles.